The molecule has 0 amide bonds. The van der Waals surface area contributed by atoms with Crippen LogP contribution in [-0.2, 0) is 21.7 Å². The third-order valence-corrected chi connectivity index (χ3v) is 8.52. The minimum absolute atomic E-state index is 0.0177. The molecule has 1 aliphatic rings. The van der Waals surface area contributed by atoms with Crippen LogP contribution in [0.25, 0.3) is 0 Å². The Morgan fingerprint density at radius 3 is 1.43 bits per heavy atom. The standard InChI is InChI=1S/C36H54N2O2/c1-32(2,3)24-15-22(29(39)26(17-24)34(7,8)9)19-37-21-28-31(36(28,13)14)38-20-23-16-25(33(4,5)6)18-27(30(23)40)35(10,11)12/h15-20,28,31,39-40H,21H2,1-14H3/t28-,31-/m0/s1. The van der Waals surface area contributed by atoms with Gasteiger partial charge in [0.2, 0.25) is 0 Å². The zero-order valence-electron chi connectivity index (χ0n) is 27.6. The lowest BCUT2D eigenvalue weighted by Crippen LogP contribution is -2.17. The SMILES string of the molecule is CC(C)(C)c1cc(C=NC[C@H]2[C@H](N=Cc3cc(C(C)(C)C)cc(C(C)(C)C)c3O)C2(C)C)c(O)c(C(C)(C)C)c1. The minimum Gasteiger partial charge on any atom is -0.507 e. The van der Waals surface area contributed by atoms with Crippen molar-refractivity contribution in [2.45, 2.75) is 125 Å². The molecule has 0 aromatic heterocycles. The number of nitrogens with zero attached hydrogens (tertiary/aromatic N) is 2. The molecule has 0 radical (unpaired) electrons. The molecule has 0 spiro atoms. The predicted octanol–water partition coefficient (Wildman–Crippen LogP) is 8.85. The molecule has 0 bridgehead atoms. The van der Waals surface area contributed by atoms with E-state index in [0.717, 1.165) is 22.3 Å². The van der Waals surface area contributed by atoms with Crippen LogP contribution in [0.3, 0.4) is 0 Å². The predicted molar refractivity (Wildman–Crippen MR) is 172 cm³/mol. The molecule has 2 aromatic carbocycles. The lowest BCUT2D eigenvalue weighted by Gasteiger charge is -2.27. The quantitative estimate of drug-likeness (QED) is 0.368. The van der Waals surface area contributed by atoms with Gasteiger partial charge >= 0.3 is 0 Å². The van der Waals surface area contributed by atoms with E-state index in [4.69, 9.17) is 9.98 Å². The molecule has 2 aromatic rings. The zero-order chi connectivity index (χ0) is 30.6. The monoisotopic (exact) mass is 546 g/mol. The molecule has 1 aliphatic carbocycles. The summed E-state index contributed by atoms with van der Waals surface area (Å²) in [5, 5.41) is 22.3. The number of hydrogen-bond acceptors (Lipinski definition) is 4. The average Bonchev–Trinajstić information content (AvgIpc) is 3.29. The number of aliphatic imine (C=N–C) groups is 2. The Morgan fingerprint density at radius 2 is 1.05 bits per heavy atom. The van der Waals surface area contributed by atoms with Gasteiger partial charge in [-0.05, 0) is 50.3 Å². The van der Waals surface area contributed by atoms with Gasteiger partial charge in [-0.1, -0.05) is 109 Å². The second kappa shape index (κ2) is 10.3. The van der Waals surface area contributed by atoms with Crippen LogP contribution in [0.4, 0.5) is 0 Å². The second-order valence-corrected chi connectivity index (χ2v) is 16.6. The van der Waals surface area contributed by atoms with Gasteiger partial charge in [-0.2, -0.15) is 0 Å². The van der Waals surface area contributed by atoms with E-state index in [1.807, 2.05) is 12.4 Å². The Kier molecular flexibility index (Phi) is 8.24. The third-order valence-electron chi connectivity index (χ3n) is 8.52. The Labute approximate surface area is 244 Å². The topological polar surface area (TPSA) is 65.2 Å². The van der Waals surface area contributed by atoms with E-state index in [1.54, 1.807) is 0 Å². The first-order valence-electron chi connectivity index (χ1n) is 14.7. The molecular weight excluding hydrogens is 492 g/mol. The van der Waals surface area contributed by atoms with Crippen molar-refractivity contribution in [3.8, 4) is 11.5 Å². The highest BCUT2D eigenvalue weighted by atomic mass is 16.3. The Bertz CT molecular complexity index is 1300. The van der Waals surface area contributed by atoms with Crippen molar-refractivity contribution in [3.05, 3.63) is 57.6 Å². The van der Waals surface area contributed by atoms with Crippen molar-refractivity contribution in [1.82, 2.24) is 0 Å². The van der Waals surface area contributed by atoms with Crippen molar-refractivity contribution in [2.75, 3.05) is 6.54 Å². The van der Waals surface area contributed by atoms with Crippen molar-refractivity contribution < 1.29 is 10.2 Å². The summed E-state index contributed by atoms with van der Waals surface area (Å²) in [7, 11) is 0. The van der Waals surface area contributed by atoms with Gasteiger partial charge in [0, 0.05) is 47.1 Å². The zero-order valence-corrected chi connectivity index (χ0v) is 27.6. The van der Waals surface area contributed by atoms with Gasteiger partial charge in [0.05, 0.1) is 6.04 Å². The fraction of sp³-hybridized carbons (Fsp3) is 0.611. The first kappa shape index (κ1) is 31.9. The Balaban J connectivity index is 1.88. The van der Waals surface area contributed by atoms with E-state index in [0.29, 0.717) is 24.0 Å². The van der Waals surface area contributed by atoms with E-state index in [-0.39, 0.29) is 33.1 Å². The number of phenols is 2. The molecule has 0 aliphatic heterocycles. The molecule has 40 heavy (non-hydrogen) atoms. The summed E-state index contributed by atoms with van der Waals surface area (Å²) in [5.41, 5.74) is 5.44. The molecule has 4 heteroatoms. The number of benzene rings is 2. The van der Waals surface area contributed by atoms with Gasteiger partial charge in [-0.3, -0.25) is 9.98 Å². The van der Waals surface area contributed by atoms with Crippen molar-refractivity contribution >= 4 is 12.4 Å². The molecule has 0 unspecified atom stereocenters. The highest BCUT2D eigenvalue weighted by Gasteiger charge is 2.57. The molecule has 1 saturated carbocycles. The lowest BCUT2D eigenvalue weighted by molar-refractivity contribution is 0.443. The normalized spacial score (nSPS) is 20.1. The van der Waals surface area contributed by atoms with Crippen molar-refractivity contribution in [1.29, 1.82) is 0 Å². The summed E-state index contributed by atoms with van der Waals surface area (Å²) in [6, 6.07) is 8.55. The first-order chi connectivity index (χ1) is 18.0. The summed E-state index contributed by atoms with van der Waals surface area (Å²) >= 11 is 0. The molecule has 4 nitrogen and oxygen atoms in total. The number of rotatable bonds is 5. The summed E-state index contributed by atoms with van der Waals surface area (Å²) < 4.78 is 0. The van der Waals surface area contributed by atoms with Gasteiger partial charge < -0.3 is 10.2 Å². The second-order valence-electron chi connectivity index (χ2n) is 16.6. The number of phenolic OH excluding ortho intramolecular Hbond substituents is 2. The fourth-order valence-corrected chi connectivity index (χ4v) is 5.29. The van der Waals surface area contributed by atoms with Crippen LogP contribution >= 0.6 is 0 Å². The summed E-state index contributed by atoms with van der Waals surface area (Å²) in [4.78, 5) is 9.79. The highest BCUT2D eigenvalue weighted by Crippen LogP contribution is 2.54. The maximum Gasteiger partial charge on any atom is 0.128 e. The molecule has 220 valence electrons. The van der Waals surface area contributed by atoms with Gasteiger partial charge in [0.25, 0.3) is 0 Å². The third kappa shape index (κ3) is 6.81. The van der Waals surface area contributed by atoms with Crippen LogP contribution in [0.2, 0.25) is 0 Å². The van der Waals surface area contributed by atoms with Gasteiger partial charge in [0.1, 0.15) is 11.5 Å². The van der Waals surface area contributed by atoms with Crippen LogP contribution in [0.15, 0.2) is 34.3 Å². The van der Waals surface area contributed by atoms with E-state index in [2.05, 4.69) is 121 Å². The van der Waals surface area contributed by atoms with E-state index < -0.39 is 0 Å². The number of aromatic hydroxyl groups is 2. The Morgan fingerprint density at radius 1 is 0.650 bits per heavy atom. The van der Waals surface area contributed by atoms with E-state index in [1.165, 1.54) is 11.1 Å². The van der Waals surface area contributed by atoms with Crippen LogP contribution < -0.4 is 0 Å². The maximum atomic E-state index is 11.2. The molecular formula is C36H54N2O2. The van der Waals surface area contributed by atoms with Crippen LogP contribution in [0.5, 0.6) is 11.5 Å². The van der Waals surface area contributed by atoms with Crippen LogP contribution in [0, 0.1) is 11.3 Å². The first-order valence-corrected chi connectivity index (χ1v) is 14.7. The highest BCUT2D eigenvalue weighted by molar-refractivity contribution is 5.86. The average molecular weight is 547 g/mol. The Hall–Kier alpha value is -2.62. The summed E-state index contributed by atoms with van der Waals surface area (Å²) in [5.74, 6) is 0.934. The van der Waals surface area contributed by atoms with Gasteiger partial charge in [-0.15, -0.1) is 0 Å². The maximum absolute atomic E-state index is 11.2. The van der Waals surface area contributed by atoms with Gasteiger partial charge in [-0.25, -0.2) is 0 Å². The molecule has 0 heterocycles. The molecule has 3 rings (SSSR count). The van der Waals surface area contributed by atoms with Crippen LogP contribution in [0.1, 0.15) is 130 Å². The molecule has 1 fully saturated rings. The smallest absolute Gasteiger partial charge is 0.128 e. The summed E-state index contributed by atoms with van der Waals surface area (Å²) in [6.45, 7) is 31.1. The lowest BCUT2D eigenvalue weighted by atomic mass is 9.79. The molecule has 2 atom stereocenters. The number of hydrogen-bond donors (Lipinski definition) is 2. The van der Waals surface area contributed by atoms with Crippen molar-refractivity contribution in [2.24, 2.45) is 21.3 Å². The largest absolute Gasteiger partial charge is 0.507 e. The van der Waals surface area contributed by atoms with E-state index in [9.17, 15) is 10.2 Å². The van der Waals surface area contributed by atoms with Crippen LogP contribution in [-0.4, -0.2) is 35.2 Å². The molecule has 0 saturated heterocycles. The fourth-order valence-electron chi connectivity index (χ4n) is 5.29. The summed E-state index contributed by atoms with van der Waals surface area (Å²) in [6.07, 6.45) is 3.70. The minimum atomic E-state index is -0.174. The van der Waals surface area contributed by atoms with Gasteiger partial charge in [0.15, 0.2) is 0 Å². The van der Waals surface area contributed by atoms with Crippen molar-refractivity contribution in [3.63, 3.8) is 0 Å². The molecule has 2 N–H and O–H groups in total. The van der Waals surface area contributed by atoms with E-state index >= 15 is 0 Å².